The van der Waals surface area contributed by atoms with Gasteiger partial charge in [0.2, 0.25) is 0 Å². The van der Waals surface area contributed by atoms with Crippen LogP contribution in [0.2, 0.25) is 0 Å². The van der Waals surface area contributed by atoms with E-state index >= 15 is 0 Å². The van der Waals surface area contributed by atoms with Crippen molar-refractivity contribution in [2.45, 2.75) is 0 Å². The summed E-state index contributed by atoms with van der Waals surface area (Å²) in [5.74, 6) is 0. The first-order chi connectivity index (χ1) is 7.50. The van der Waals surface area contributed by atoms with Crippen LogP contribution >= 0.6 is 0 Å². The van der Waals surface area contributed by atoms with E-state index in [2.05, 4.69) is 45.8 Å². The molecule has 0 spiro atoms. The lowest BCUT2D eigenvalue weighted by atomic mass is 11.0. The van der Waals surface area contributed by atoms with Gasteiger partial charge in [0.15, 0.2) is 0 Å². The highest BCUT2D eigenvalue weighted by Crippen LogP contribution is 1.55. The summed E-state index contributed by atoms with van der Waals surface area (Å²) in [6.45, 7) is 0. The standard InChI is InChI=1S/3C2H3N3/c2*1-3-2-5-4-1;1-2-4-5-3-1/h3*1-2H,(H,3,4,5). The molecule has 0 radical (unpaired) electrons. The zero-order chi connectivity index (χ0) is 10.6. The summed E-state index contributed by atoms with van der Waals surface area (Å²) in [7, 11) is 0. The van der Waals surface area contributed by atoms with Crippen molar-refractivity contribution in [3.63, 3.8) is 0 Å². The maximum absolute atomic E-state index is 3.56. The minimum Gasteiger partial charge on any atom is -0.334 e. The van der Waals surface area contributed by atoms with Gasteiger partial charge in [-0.2, -0.15) is 5.10 Å². The molecule has 3 heterocycles. The lowest BCUT2D eigenvalue weighted by Gasteiger charge is -1.46. The van der Waals surface area contributed by atoms with Gasteiger partial charge in [-0.3, -0.25) is 10.2 Å². The Morgan fingerprint density at radius 1 is 0.867 bits per heavy atom. The predicted molar refractivity (Wildman–Crippen MR) is 49.1 cm³/mol. The monoisotopic (exact) mass is 207 g/mol. The molecule has 9 heteroatoms. The first kappa shape index (κ1) is 10.5. The molecule has 0 saturated carbocycles. The van der Waals surface area contributed by atoms with Crippen LogP contribution in [-0.4, -0.2) is 45.8 Å². The van der Waals surface area contributed by atoms with Crippen molar-refractivity contribution in [1.82, 2.24) is 45.8 Å². The zero-order valence-corrected chi connectivity index (χ0v) is 7.65. The van der Waals surface area contributed by atoms with Gasteiger partial charge in [-0.05, 0) is 0 Å². The highest BCUT2D eigenvalue weighted by atomic mass is 15.3. The quantitative estimate of drug-likeness (QED) is 0.452. The first-order valence-electron chi connectivity index (χ1n) is 3.88. The van der Waals surface area contributed by atoms with Crippen LogP contribution in [0.1, 0.15) is 0 Å². The number of nitrogens with one attached hydrogen (secondary N) is 3. The minimum absolute atomic E-state index is 1.44. The second-order valence-corrected chi connectivity index (χ2v) is 1.97. The van der Waals surface area contributed by atoms with Gasteiger partial charge in [-0.15, -0.1) is 15.3 Å². The molecule has 3 aromatic heterocycles. The number of rotatable bonds is 0. The second-order valence-electron chi connectivity index (χ2n) is 1.97. The van der Waals surface area contributed by atoms with E-state index in [0.29, 0.717) is 0 Å². The van der Waals surface area contributed by atoms with Gasteiger partial charge < -0.3 is 4.98 Å². The molecule has 78 valence electrons. The fourth-order valence-corrected chi connectivity index (χ4v) is 0.500. The fourth-order valence-electron chi connectivity index (χ4n) is 0.500. The Kier molecular flexibility index (Phi) is 5.63. The average molecular weight is 207 g/mol. The SMILES string of the molecule is c1c[nH]nn1.c1nc[nH]n1.c1nnc[nH]1. The Balaban J connectivity index is 0.000000112. The van der Waals surface area contributed by atoms with E-state index in [1.54, 1.807) is 12.4 Å². The first-order valence-corrected chi connectivity index (χ1v) is 3.88. The third kappa shape index (κ3) is 6.57. The van der Waals surface area contributed by atoms with E-state index in [1.807, 2.05) is 0 Å². The van der Waals surface area contributed by atoms with Gasteiger partial charge >= 0.3 is 0 Å². The number of aromatic amines is 3. The molecule has 0 fully saturated rings. The largest absolute Gasteiger partial charge is 0.334 e. The molecule has 0 aromatic carbocycles. The van der Waals surface area contributed by atoms with Crippen molar-refractivity contribution in [3.05, 3.63) is 37.7 Å². The van der Waals surface area contributed by atoms with Crippen molar-refractivity contribution in [2.24, 2.45) is 0 Å². The molecule has 0 aliphatic heterocycles. The van der Waals surface area contributed by atoms with Crippen LogP contribution in [0.15, 0.2) is 37.7 Å². The topological polar surface area (TPSA) is 125 Å². The average Bonchev–Trinajstić information content (AvgIpc) is 3.09. The molecule has 0 bridgehead atoms. The summed E-state index contributed by atoms with van der Waals surface area (Å²) < 4.78 is 0. The molecule has 0 aliphatic rings. The van der Waals surface area contributed by atoms with Crippen molar-refractivity contribution in [2.75, 3.05) is 0 Å². The smallest absolute Gasteiger partial charge is 0.137 e. The minimum atomic E-state index is 1.44. The lowest BCUT2D eigenvalue weighted by molar-refractivity contribution is 0.940. The molecule has 15 heavy (non-hydrogen) atoms. The molecular weight excluding hydrogens is 198 g/mol. The highest BCUT2D eigenvalue weighted by Gasteiger charge is 1.58. The molecule has 3 N–H and O–H groups in total. The normalized spacial score (nSPS) is 8.00. The molecule has 0 unspecified atom stereocenters. The number of hydrogen-bond donors (Lipinski definition) is 3. The summed E-state index contributed by atoms with van der Waals surface area (Å²) in [4.78, 5) is 6.19. The summed E-state index contributed by atoms with van der Waals surface area (Å²) in [6, 6.07) is 0. The molecule has 0 amide bonds. The zero-order valence-electron chi connectivity index (χ0n) is 7.65. The van der Waals surface area contributed by atoms with Crippen molar-refractivity contribution >= 4 is 0 Å². The highest BCUT2D eigenvalue weighted by molar-refractivity contribution is 4.54. The van der Waals surface area contributed by atoms with E-state index in [1.165, 1.54) is 25.3 Å². The Morgan fingerprint density at radius 3 is 1.93 bits per heavy atom. The maximum Gasteiger partial charge on any atom is 0.137 e. The Labute approximate surface area is 84.4 Å². The van der Waals surface area contributed by atoms with E-state index in [9.17, 15) is 0 Å². The summed E-state index contributed by atoms with van der Waals surface area (Å²) in [5, 5.41) is 22.1. The van der Waals surface area contributed by atoms with Crippen LogP contribution in [0, 0.1) is 0 Å². The Morgan fingerprint density at radius 2 is 1.73 bits per heavy atom. The molecule has 9 nitrogen and oxygen atoms in total. The van der Waals surface area contributed by atoms with E-state index in [4.69, 9.17) is 0 Å². The molecule has 3 rings (SSSR count). The third-order valence-corrected chi connectivity index (χ3v) is 0.994. The number of nitrogens with zero attached hydrogens (tertiary/aromatic N) is 6. The number of H-pyrrole nitrogens is 3. The Hall–Kier alpha value is -2.58. The fraction of sp³-hybridized carbons (Fsp3) is 0. The second kappa shape index (κ2) is 8.04. The van der Waals surface area contributed by atoms with Gasteiger partial charge in [-0.25, -0.2) is 4.98 Å². The predicted octanol–water partition coefficient (Wildman–Crippen LogP) is -0.586. The maximum atomic E-state index is 3.56. The molecule has 0 saturated heterocycles. The number of hydrogen-bond acceptors (Lipinski definition) is 6. The van der Waals surface area contributed by atoms with Crippen LogP contribution in [0.25, 0.3) is 0 Å². The molecule has 0 aliphatic carbocycles. The van der Waals surface area contributed by atoms with Crippen molar-refractivity contribution in [1.29, 1.82) is 0 Å². The Bertz CT molecular complexity index is 247. The van der Waals surface area contributed by atoms with Gasteiger partial charge in [0.1, 0.15) is 25.3 Å². The van der Waals surface area contributed by atoms with Crippen molar-refractivity contribution < 1.29 is 0 Å². The van der Waals surface area contributed by atoms with E-state index in [0.717, 1.165) is 0 Å². The van der Waals surface area contributed by atoms with Gasteiger partial charge in [-0.1, -0.05) is 5.21 Å². The van der Waals surface area contributed by atoms with Gasteiger partial charge in [0.05, 0.1) is 6.20 Å². The van der Waals surface area contributed by atoms with E-state index in [-0.39, 0.29) is 0 Å². The third-order valence-electron chi connectivity index (χ3n) is 0.994. The summed E-state index contributed by atoms with van der Waals surface area (Å²) >= 11 is 0. The van der Waals surface area contributed by atoms with Crippen LogP contribution in [-0.2, 0) is 0 Å². The van der Waals surface area contributed by atoms with Crippen LogP contribution < -0.4 is 0 Å². The number of aromatic nitrogens is 9. The summed E-state index contributed by atoms with van der Waals surface area (Å²) in [6.07, 6.45) is 9.22. The van der Waals surface area contributed by atoms with Crippen LogP contribution in [0.4, 0.5) is 0 Å². The molecule has 3 aromatic rings. The molecular formula is C6H9N9. The van der Waals surface area contributed by atoms with Crippen LogP contribution in [0.3, 0.4) is 0 Å². The molecule has 0 atom stereocenters. The van der Waals surface area contributed by atoms with Crippen LogP contribution in [0.5, 0.6) is 0 Å². The van der Waals surface area contributed by atoms with Gasteiger partial charge in [0.25, 0.3) is 0 Å². The lowest BCUT2D eigenvalue weighted by Crippen LogP contribution is -1.61. The summed E-state index contributed by atoms with van der Waals surface area (Å²) in [5.41, 5.74) is 0. The van der Waals surface area contributed by atoms with E-state index < -0.39 is 0 Å². The van der Waals surface area contributed by atoms with Crippen molar-refractivity contribution in [3.8, 4) is 0 Å². The van der Waals surface area contributed by atoms with Gasteiger partial charge in [0, 0.05) is 6.20 Å².